The van der Waals surface area contributed by atoms with Crippen LogP contribution in [0, 0.1) is 0 Å². The van der Waals surface area contributed by atoms with Crippen molar-refractivity contribution in [1.29, 1.82) is 0 Å². The Morgan fingerprint density at radius 2 is 1.33 bits per heavy atom. The van der Waals surface area contributed by atoms with Crippen LogP contribution >= 0.6 is 0 Å². The van der Waals surface area contributed by atoms with E-state index in [1.165, 1.54) is 13.8 Å². The molecule has 0 atom stereocenters. The number of hydrogen-bond donors (Lipinski definition) is 0. The first-order chi connectivity index (χ1) is 2.64. The Kier molecular flexibility index (Phi) is 1.77. The molecular formula is C4H6F2. The van der Waals surface area contributed by atoms with Crippen molar-refractivity contribution in [3.05, 3.63) is 11.7 Å². The zero-order valence-electron chi connectivity index (χ0n) is 3.76. The fourth-order valence-electron chi connectivity index (χ4n) is 0. The van der Waals surface area contributed by atoms with Gasteiger partial charge in [-0.25, -0.2) is 0 Å². The normalized spacial score (nSPS) is 8.00. The van der Waals surface area contributed by atoms with Crippen molar-refractivity contribution < 1.29 is 8.78 Å². The van der Waals surface area contributed by atoms with E-state index < -0.39 is 6.08 Å². The molecule has 0 saturated carbocycles. The van der Waals surface area contributed by atoms with Crippen molar-refractivity contribution in [2.45, 2.75) is 13.8 Å². The third kappa shape index (κ3) is 1.88. The van der Waals surface area contributed by atoms with E-state index in [-0.39, 0.29) is 5.57 Å². The summed E-state index contributed by atoms with van der Waals surface area (Å²) in [5.74, 6) is 0. The predicted molar refractivity (Wildman–Crippen MR) is 20.6 cm³/mol. The van der Waals surface area contributed by atoms with Crippen molar-refractivity contribution in [2.24, 2.45) is 0 Å². The molecule has 0 aromatic rings. The Bertz CT molecular complexity index is 55.6. The second-order valence-electron chi connectivity index (χ2n) is 1.26. The molecule has 6 heavy (non-hydrogen) atoms. The van der Waals surface area contributed by atoms with Gasteiger partial charge in [-0.3, -0.25) is 0 Å². The number of rotatable bonds is 0. The van der Waals surface area contributed by atoms with E-state index in [4.69, 9.17) is 0 Å². The Labute approximate surface area is 35.5 Å². The molecule has 0 bridgehead atoms. The maximum Gasteiger partial charge on any atom is 0.268 e. The minimum atomic E-state index is -1.57. The van der Waals surface area contributed by atoms with Crippen molar-refractivity contribution >= 4 is 0 Å². The molecule has 0 fully saturated rings. The summed E-state index contributed by atoms with van der Waals surface area (Å²) in [4.78, 5) is 0. The van der Waals surface area contributed by atoms with Crippen LogP contribution in [0.2, 0.25) is 0 Å². The average molecular weight is 90.1 g/mol. The van der Waals surface area contributed by atoms with Crippen molar-refractivity contribution in [3.8, 4) is 0 Å². The first kappa shape index (κ1) is 5.60. The molecule has 0 aliphatic heterocycles. The summed E-state index contributed by atoms with van der Waals surface area (Å²) in [6.45, 7) is 2.74. The molecule has 0 rings (SSSR count). The van der Waals surface area contributed by atoms with Crippen LogP contribution in [0.4, 0.5) is 8.78 Å². The van der Waals surface area contributed by atoms with Crippen LogP contribution in [0.1, 0.15) is 13.8 Å². The number of allylic oxidation sites excluding steroid dienone is 1. The molecule has 0 radical (unpaired) electrons. The molecule has 0 aliphatic carbocycles. The Morgan fingerprint density at radius 3 is 1.33 bits per heavy atom. The predicted octanol–water partition coefficient (Wildman–Crippen LogP) is 2.18. The second kappa shape index (κ2) is 1.90. The molecule has 0 amide bonds. The van der Waals surface area contributed by atoms with E-state index in [1.54, 1.807) is 0 Å². The maximum absolute atomic E-state index is 11.0. The lowest BCUT2D eigenvalue weighted by atomic mass is 10.4. The summed E-state index contributed by atoms with van der Waals surface area (Å²) >= 11 is 0. The van der Waals surface area contributed by atoms with Gasteiger partial charge in [0.25, 0.3) is 6.08 Å². The molecule has 0 nitrogen and oxygen atoms in total. The van der Waals surface area contributed by atoms with Crippen LogP contribution in [0.5, 0.6) is 0 Å². The highest BCUT2D eigenvalue weighted by Crippen LogP contribution is 2.03. The molecule has 36 valence electrons. The summed E-state index contributed by atoms with van der Waals surface area (Å²) in [6.07, 6.45) is -1.57. The van der Waals surface area contributed by atoms with Gasteiger partial charge in [-0.15, -0.1) is 0 Å². The van der Waals surface area contributed by atoms with Gasteiger partial charge >= 0.3 is 0 Å². The van der Waals surface area contributed by atoms with E-state index in [0.717, 1.165) is 0 Å². The standard InChI is InChI=1S/C4H6F2/c1-3(2)4(5)6/h1-2H3/i5-1,6-1. The zero-order chi connectivity index (χ0) is 5.15. The van der Waals surface area contributed by atoms with Crippen molar-refractivity contribution in [2.75, 3.05) is 0 Å². The Morgan fingerprint density at radius 1 is 1.17 bits per heavy atom. The molecule has 2 heteroatoms. The molecule has 0 aliphatic rings. The third-order valence-electron chi connectivity index (χ3n) is 0.378. The van der Waals surface area contributed by atoms with Gasteiger partial charge in [-0.1, -0.05) is 0 Å². The lowest BCUT2D eigenvalue weighted by molar-refractivity contribution is 0.412. The first-order valence-electron chi connectivity index (χ1n) is 1.63. The SMILES string of the molecule is CC(C)=C([18F])[18F]. The molecule has 0 unspecified atom stereocenters. The van der Waals surface area contributed by atoms with Crippen LogP contribution in [-0.2, 0) is 0 Å². The van der Waals surface area contributed by atoms with E-state index in [2.05, 4.69) is 0 Å². The highest BCUT2D eigenvalue weighted by Gasteiger charge is 1.86. The van der Waals surface area contributed by atoms with E-state index in [1.807, 2.05) is 0 Å². The highest BCUT2D eigenvalue weighted by atomic mass is 18.3. The second-order valence-corrected chi connectivity index (χ2v) is 1.26. The van der Waals surface area contributed by atoms with Gasteiger partial charge in [0.15, 0.2) is 0 Å². The first-order valence-corrected chi connectivity index (χ1v) is 1.63. The summed E-state index contributed by atoms with van der Waals surface area (Å²) < 4.78 is 22.1. The molecule has 0 N–H and O–H groups in total. The summed E-state index contributed by atoms with van der Waals surface area (Å²) in [5.41, 5.74) is 0.0926. The van der Waals surface area contributed by atoms with Crippen molar-refractivity contribution in [1.82, 2.24) is 0 Å². The third-order valence-corrected chi connectivity index (χ3v) is 0.378. The van der Waals surface area contributed by atoms with Gasteiger partial charge in [0.05, 0.1) is 0 Å². The van der Waals surface area contributed by atoms with E-state index in [9.17, 15) is 8.78 Å². The largest absolute Gasteiger partial charge is 0.268 e. The van der Waals surface area contributed by atoms with Crippen LogP contribution in [0.3, 0.4) is 0 Å². The highest BCUT2D eigenvalue weighted by molar-refractivity contribution is 4.92. The fraction of sp³-hybridized carbons (Fsp3) is 0.500. The molecule has 0 saturated heterocycles. The van der Waals surface area contributed by atoms with E-state index in [0.29, 0.717) is 0 Å². The van der Waals surface area contributed by atoms with Gasteiger partial charge in [0, 0.05) is 0 Å². The summed E-state index contributed by atoms with van der Waals surface area (Å²) in [6, 6.07) is 0. The van der Waals surface area contributed by atoms with Gasteiger partial charge in [-0.05, 0) is 19.4 Å². The van der Waals surface area contributed by atoms with Gasteiger partial charge in [-0.2, -0.15) is 8.78 Å². The molecule has 0 spiro atoms. The molecule has 0 aromatic carbocycles. The van der Waals surface area contributed by atoms with Crippen LogP contribution in [0.15, 0.2) is 11.7 Å². The lowest BCUT2D eigenvalue weighted by Gasteiger charge is -1.78. The summed E-state index contributed by atoms with van der Waals surface area (Å²) in [5, 5.41) is 0. The number of hydrogen-bond acceptors (Lipinski definition) is 0. The monoisotopic (exact) mass is 90.0 g/mol. The topological polar surface area (TPSA) is 0 Å². The van der Waals surface area contributed by atoms with Crippen LogP contribution in [0.25, 0.3) is 0 Å². The van der Waals surface area contributed by atoms with Crippen LogP contribution < -0.4 is 0 Å². The average Bonchev–Trinajstić information content (AvgIpc) is 1.36. The van der Waals surface area contributed by atoms with Crippen LogP contribution in [-0.4, -0.2) is 0 Å². The van der Waals surface area contributed by atoms with Gasteiger partial charge < -0.3 is 0 Å². The Hall–Kier alpha value is -0.400. The minimum absolute atomic E-state index is 0.0926. The number of halogens is 2. The summed E-state index contributed by atoms with van der Waals surface area (Å²) in [7, 11) is 0. The quantitative estimate of drug-likeness (QED) is 0.427. The zero-order valence-corrected chi connectivity index (χ0v) is 3.76. The van der Waals surface area contributed by atoms with Gasteiger partial charge in [0.2, 0.25) is 0 Å². The maximum atomic E-state index is 11.0. The Balaban J connectivity index is 3.68. The molecule has 0 aromatic heterocycles. The fourth-order valence-corrected chi connectivity index (χ4v) is 0. The molecular weight excluding hydrogens is 84.0 g/mol. The lowest BCUT2D eigenvalue weighted by Crippen LogP contribution is -1.61. The van der Waals surface area contributed by atoms with E-state index >= 15 is 0 Å². The molecule has 0 heterocycles. The van der Waals surface area contributed by atoms with Crippen molar-refractivity contribution in [3.63, 3.8) is 0 Å². The minimum Gasteiger partial charge on any atom is -0.173 e. The van der Waals surface area contributed by atoms with Gasteiger partial charge in [0.1, 0.15) is 0 Å². The smallest absolute Gasteiger partial charge is 0.173 e.